The quantitative estimate of drug-likeness (QED) is 0.270. The summed E-state index contributed by atoms with van der Waals surface area (Å²) in [5.74, 6) is 0. The molecule has 3 N–H and O–H groups in total. The van der Waals surface area contributed by atoms with Crippen LogP contribution in [0.1, 0.15) is 0 Å². The smallest absolute Gasteiger partial charge is 0.186 e. The third kappa shape index (κ3) is 0.287. The molecule has 0 spiro atoms. The largest absolute Gasteiger partial charge is 0.379 e. The predicted octanol–water partition coefficient (Wildman–Crippen LogP) is -2.19. The second-order valence-corrected chi connectivity index (χ2v) is 2.24. The number of fused-ring (bicyclic) bond motifs is 1. The number of epoxide rings is 1. The Hall–Kier alpha value is -0.160. The molecule has 3 atom stereocenters. The van der Waals surface area contributed by atoms with Gasteiger partial charge in [-0.05, 0) is 0 Å². The maximum absolute atomic E-state index is 8.90. The fraction of sp³-hybridized carbons (Fsp3) is 1.00. The van der Waals surface area contributed by atoms with Crippen molar-refractivity contribution < 1.29 is 20.1 Å². The van der Waals surface area contributed by atoms with Gasteiger partial charge in [-0.2, -0.15) is 0 Å². The van der Waals surface area contributed by atoms with E-state index in [0.717, 1.165) is 0 Å². The third-order valence-corrected chi connectivity index (χ3v) is 1.71. The van der Waals surface area contributed by atoms with Crippen molar-refractivity contribution in [3.05, 3.63) is 0 Å². The van der Waals surface area contributed by atoms with E-state index in [0.29, 0.717) is 0 Å². The first-order valence-electron chi connectivity index (χ1n) is 2.41. The van der Waals surface area contributed by atoms with E-state index in [-0.39, 0.29) is 12.2 Å². The van der Waals surface area contributed by atoms with E-state index < -0.39 is 11.9 Å². The highest BCUT2D eigenvalue weighted by molar-refractivity contribution is 5.29. The third-order valence-electron chi connectivity index (χ3n) is 1.71. The van der Waals surface area contributed by atoms with Crippen molar-refractivity contribution >= 4 is 0 Å². The molecule has 0 bridgehead atoms. The normalized spacial score (nSPS) is 58.5. The minimum atomic E-state index is -1.63. The summed E-state index contributed by atoms with van der Waals surface area (Å²) in [6, 6.07) is 0. The first-order valence-corrected chi connectivity index (χ1v) is 2.41. The fourth-order valence-corrected chi connectivity index (χ4v) is 0.883. The highest BCUT2D eigenvalue weighted by Gasteiger charge is 2.83. The molecule has 0 aromatic heterocycles. The van der Waals surface area contributed by atoms with Crippen LogP contribution in [0.25, 0.3) is 0 Å². The van der Waals surface area contributed by atoms with Gasteiger partial charge in [-0.25, -0.2) is 0 Å². The molecule has 8 heavy (non-hydrogen) atoms. The molecule has 2 fully saturated rings. The van der Waals surface area contributed by atoms with Crippen LogP contribution in [-0.2, 0) is 4.74 Å². The van der Waals surface area contributed by atoms with Gasteiger partial charge in [-0.3, -0.25) is 0 Å². The van der Waals surface area contributed by atoms with E-state index in [4.69, 9.17) is 15.3 Å². The van der Waals surface area contributed by atoms with E-state index in [9.17, 15) is 0 Å². The standard InChI is InChI=1S/C4H6O4/c5-3(6)4(7)1-2(4)8-1/h1-3,5-7H/t1-,2+,4?. The molecular formula is C4H6O4. The molecule has 1 saturated heterocycles. The lowest BCUT2D eigenvalue weighted by Crippen LogP contribution is -2.38. The van der Waals surface area contributed by atoms with Gasteiger partial charge in [-0.1, -0.05) is 0 Å². The van der Waals surface area contributed by atoms with Crippen LogP contribution in [0.15, 0.2) is 0 Å². The Bertz CT molecular complexity index is 124. The molecule has 2 rings (SSSR count). The van der Waals surface area contributed by atoms with Crippen molar-refractivity contribution in [3.8, 4) is 0 Å². The van der Waals surface area contributed by atoms with Crippen molar-refractivity contribution in [3.63, 3.8) is 0 Å². The first-order chi connectivity index (χ1) is 3.67. The summed E-state index contributed by atoms with van der Waals surface area (Å²) >= 11 is 0. The zero-order valence-corrected chi connectivity index (χ0v) is 3.98. The number of rotatable bonds is 1. The van der Waals surface area contributed by atoms with Crippen molar-refractivity contribution in [2.45, 2.75) is 24.1 Å². The Morgan fingerprint density at radius 2 is 1.88 bits per heavy atom. The van der Waals surface area contributed by atoms with E-state index in [1.807, 2.05) is 0 Å². The molecule has 4 nitrogen and oxygen atoms in total. The SMILES string of the molecule is OC(O)C1(O)[C@@H]2O[C@@H]21. The van der Waals surface area contributed by atoms with E-state index in [1.54, 1.807) is 0 Å². The second-order valence-electron chi connectivity index (χ2n) is 2.24. The van der Waals surface area contributed by atoms with Gasteiger partial charge in [0.05, 0.1) is 0 Å². The molecule has 0 aromatic carbocycles. The Labute approximate surface area is 45.3 Å². The summed E-state index contributed by atoms with van der Waals surface area (Å²) in [7, 11) is 0. The van der Waals surface area contributed by atoms with Gasteiger partial charge in [0.25, 0.3) is 0 Å². The average Bonchev–Trinajstić information content (AvgIpc) is 2.46. The average molecular weight is 118 g/mol. The summed E-state index contributed by atoms with van der Waals surface area (Å²) in [5, 5.41) is 25.7. The lowest BCUT2D eigenvalue weighted by Gasteiger charge is -2.15. The summed E-state index contributed by atoms with van der Waals surface area (Å²) in [5.41, 5.74) is -1.31. The number of ether oxygens (including phenoxy) is 1. The number of hydrogen-bond donors (Lipinski definition) is 3. The molecule has 1 saturated carbocycles. The van der Waals surface area contributed by atoms with Gasteiger partial charge in [0, 0.05) is 0 Å². The monoisotopic (exact) mass is 118 g/mol. The van der Waals surface area contributed by atoms with Crippen molar-refractivity contribution in [2.75, 3.05) is 0 Å². The maximum atomic E-state index is 8.90. The second kappa shape index (κ2) is 0.930. The van der Waals surface area contributed by atoms with Crippen LogP contribution in [0.2, 0.25) is 0 Å². The van der Waals surface area contributed by atoms with Crippen molar-refractivity contribution in [2.24, 2.45) is 0 Å². The van der Waals surface area contributed by atoms with Crippen LogP contribution in [0, 0.1) is 0 Å². The maximum Gasteiger partial charge on any atom is 0.186 e. The van der Waals surface area contributed by atoms with Crippen molar-refractivity contribution in [1.29, 1.82) is 0 Å². The van der Waals surface area contributed by atoms with Gasteiger partial charge in [0.2, 0.25) is 0 Å². The Morgan fingerprint density at radius 1 is 1.38 bits per heavy atom. The summed E-state index contributed by atoms with van der Waals surface area (Å²) < 4.78 is 4.61. The Morgan fingerprint density at radius 3 is 1.88 bits per heavy atom. The van der Waals surface area contributed by atoms with Crippen LogP contribution >= 0.6 is 0 Å². The zero-order chi connectivity index (χ0) is 5.94. The van der Waals surface area contributed by atoms with Gasteiger partial charge >= 0.3 is 0 Å². The number of hydrogen-bond acceptors (Lipinski definition) is 4. The van der Waals surface area contributed by atoms with Crippen LogP contribution in [-0.4, -0.2) is 39.4 Å². The summed E-state index contributed by atoms with van der Waals surface area (Å²) in [6.45, 7) is 0. The summed E-state index contributed by atoms with van der Waals surface area (Å²) in [6.07, 6.45) is -2.21. The van der Waals surface area contributed by atoms with Gasteiger partial charge in [-0.15, -0.1) is 0 Å². The van der Waals surface area contributed by atoms with Crippen LogP contribution in [0.4, 0.5) is 0 Å². The van der Waals surface area contributed by atoms with Crippen LogP contribution in [0.5, 0.6) is 0 Å². The number of aliphatic hydroxyl groups is 3. The fourth-order valence-electron chi connectivity index (χ4n) is 0.883. The molecular weight excluding hydrogens is 112 g/mol. The Balaban J connectivity index is 2.07. The van der Waals surface area contributed by atoms with Gasteiger partial charge < -0.3 is 20.1 Å². The van der Waals surface area contributed by atoms with E-state index in [2.05, 4.69) is 4.74 Å². The molecule has 46 valence electrons. The lowest BCUT2D eigenvalue weighted by atomic mass is 10.3. The van der Waals surface area contributed by atoms with Gasteiger partial charge in [0.15, 0.2) is 11.9 Å². The Kier molecular flexibility index (Phi) is 0.546. The molecule has 1 aliphatic carbocycles. The van der Waals surface area contributed by atoms with Crippen LogP contribution in [0.3, 0.4) is 0 Å². The highest BCUT2D eigenvalue weighted by Crippen LogP contribution is 2.58. The minimum absolute atomic E-state index is 0.289. The molecule has 1 heterocycles. The minimum Gasteiger partial charge on any atom is -0.379 e. The molecule has 1 aliphatic heterocycles. The van der Waals surface area contributed by atoms with Crippen molar-refractivity contribution in [1.82, 2.24) is 0 Å². The van der Waals surface area contributed by atoms with Gasteiger partial charge in [0.1, 0.15) is 12.2 Å². The molecule has 1 unspecified atom stereocenters. The first kappa shape index (κ1) is 4.69. The lowest BCUT2D eigenvalue weighted by molar-refractivity contribution is -0.184. The zero-order valence-electron chi connectivity index (χ0n) is 3.98. The highest BCUT2D eigenvalue weighted by atomic mass is 16.7. The molecule has 4 heteroatoms. The molecule has 0 amide bonds. The van der Waals surface area contributed by atoms with Crippen LogP contribution < -0.4 is 0 Å². The molecule has 0 aromatic rings. The van der Waals surface area contributed by atoms with E-state index >= 15 is 0 Å². The molecule has 0 radical (unpaired) electrons. The number of aliphatic hydroxyl groups excluding tert-OH is 1. The van der Waals surface area contributed by atoms with E-state index in [1.165, 1.54) is 0 Å². The topological polar surface area (TPSA) is 73.2 Å². The summed E-state index contributed by atoms with van der Waals surface area (Å²) in [4.78, 5) is 0. The molecule has 2 aliphatic rings. The predicted molar refractivity (Wildman–Crippen MR) is 21.8 cm³/mol.